The Hall–Kier alpha value is -1.57. The van der Waals surface area contributed by atoms with Gasteiger partial charge in [-0.15, -0.1) is 0 Å². The molecule has 0 saturated carbocycles. The first-order valence-electron chi connectivity index (χ1n) is 4.21. The number of allylic oxidation sites excluding steroid dienone is 1. The van der Waals surface area contributed by atoms with Crippen molar-refractivity contribution in [1.82, 2.24) is 0 Å². The maximum Gasteiger partial charge on any atom is 0.217 e. The average Bonchev–Trinajstić information content (AvgIpc) is 2.15. The molecule has 0 aromatic heterocycles. The van der Waals surface area contributed by atoms with Crippen LogP contribution < -0.4 is 5.73 Å². The quantitative estimate of drug-likeness (QED) is 0.746. The maximum absolute atomic E-state index is 10.5. The van der Waals surface area contributed by atoms with Crippen LogP contribution in [-0.4, -0.2) is 5.91 Å². The van der Waals surface area contributed by atoms with Gasteiger partial charge in [-0.2, -0.15) is 0 Å². The van der Waals surface area contributed by atoms with E-state index in [1.165, 1.54) is 0 Å². The van der Waals surface area contributed by atoms with E-state index in [0.717, 1.165) is 11.1 Å². The number of rotatable bonds is 4. The van der Waals surface area contributed by atoms with Crippen LogP contribution in [0.3, 0.4) is 0 Å². The summed E-state index contributed by atoms with van der Waals surface area (Å²) in [5, 5.41) is 0. The van der Waals surface area contributed by atoms with Gasteiger partial charge in [0.05, 0.1) is 0 Å². The van der Waals surface area contributed by atoms with E-state index in [9.17, 15) is 4.79 Å². The van der Waals surface area contributed by atoms with Crippen LogP contribution in [0.15, 0.2) is 36.9 Å². The molecule has 0 aliphatic carbocycles. The van der Waals surface area contributed by atoms with Gasteiger partial charge in [0.1, 0.15) is 0 Å². The molecule has 0 bridgehead atoms. The fourth-order valence-electron chi connectivity index (χ4n) is 1.09. The Morgan fingerprint density at radius 1 is 1.23 bits per heavy atom. The molecule has 0 fully saturated rings. The highest BCUT2D eigenvalue weighted by atomic mass is 16.1. The molecule has 0 unspecified atom stereocenters. The number of nitrogens with two attached hydrogens (primary N) is 1. The molecule has 13 heavy (non-hydrogen) atoms. The Labute approximate surface area is 78.1 Å². The predicted molar refractivity (Wildman–Crippen MR) is 53.9 cm³/mol. The number of amides is 1. The van der Waals surface area contributed by atoms with Gasteiger partial charge in [-0.25, -0.2) is 0 Å². The minimum atomic E-state index is -0.280. The van der Waals surface area contributed by atoms with E-state index < -0.39 is 0 Å². The third kappa shape index (κ3) is 3.11. The molecule has 1 aromatic rings. The zero-order valence-corrected chi connectivity index (χ0v) is 7.49. The lowest BCUT2D eigenvalue weighted by Crippen LogP contribution is -2.09. The van der Waals surface area contributed by atoms with Crippen LogP contribution in [0.2, 0.25) is 0 Å². The van der Waals surface area contributed by atoms with Crippen molar-refractivity contribution in [2.75, 3.05) is 0 Å². The Balaban J connectivity index is 2.54. The second-order valence-corrected chi connectivity index (χ2v) is 2.94. The molecule has 2 N–H and O–H groups in total. The van der Waals surface area contributed by atoms with Crippen LogP contribution >= 0.6 is 0 Å². The van der Waals surface area contributed by atoms with Crippen molar-refractivity contribution in [2.24, 2.45) is 5.73 Å². The monoisotopic (exact) mass is 175 g/mol. The minimum absolute atomic E-state index is 0.280. The average molecular weight is 175 g/mol. The molecule has 0 saturated heterocycles. The number of carbonyl (C=O) groups excluding carboxylic acids is 1. The van der Waals surface area contributed by atoms with Crippen molar-refractivity contribution in [1.29, 1.82) is 0 Å². The lowest BCUT2D eigenvalue weighted by molar-refractivity contribution is -0.117. The zero-order valence-electron chi connectivity index (χ0n) is 7.49. The summed E-state index contributed by atoms with van der Waals surface area (Å²) in [6.07, 6.45) is 1.01. The lowest BCUT2D eigenvalue weighted by atomic mass is 10.0. The van der Waals surface area contributed by atoms with Crippen LogP contribution in [0.5, 0.6) is 0 Å². The van der Waals surface area contributed by atoms with Gasteiger partial charge < -0.3 is 5.73 Å². The molecule has 1 rings (SSSR count). The highest BCUT2D eigenvalue weighted by molar-refractivity contribution is 5.76. The molecule has 0 radical (unpaired) electrons. The van der Waals surface area contributed by atoms with Crippen LogP contribution in [0, 0.1) is 0 Å². The van der Waals surface area contributed by atoms with E-state index in [4.69, 9.17) is 5.73 Å². The lowest BCUT2D eigenvalue weighted by Gasteiger charge is -2.03. The molecular weight excluding hydrogens is 162 g/mol. The predicted octanol–water partition coefficient (Wildman–Crippen LogP) is 1.97. The summed E-state index contributed by atoms with van der Waals surface area (Å²) >= 11 is 0. The molecule has 2 nitrogen and oxygen atoms in total. The number of hydrogen-bond acceptors (Lipinski definition) is 1. The summed E-state index contributed by atoms with van der Waals surface area (Å²) in [5.41, 5.74) is 7.07. The summed E-state index contributed by atoms with van der Waals surface area (Å²) in [6, 6.07) is 9.80. The van der Waals surface area contributed by atoms with E-state index in [0.29, 0.717) is 12.8 Å². The topological polar surface area (TPSA) is 43.1 Å². The third-order valence-corrected chi connectivity index (χ3v) is 1.86. The largest absolute Gasteiger partial charge is 0.370 e. The van der Waals surface area contributed by atoms with Gasteiger partial charge >= 0.3 is 0 Å². The fraction of sp³-hybridized carbons (Fsp3) is 0.182. The number of primary amides is 1. The normalized spacial score (nSPS) is 9.54. The summed E-state index contributed by atoms with van der Waals surface area (Å²) in [4.78, 5) is 10.5. The zero-order chi connectivity index (χ0) is 9.68. The minimum Gasteiger partial charge on any atom is -0.370 e. The number of hydrogen-bond donors (Lipinski definition) is 1. The Morgan fingerprint density at radius 3 is 2.38 bits per heavy atom. The van der Waals surface area contributed by atoms with Gasteiger partial charge in [-0.1, -0.05) is 36.9 Å². The second-order valence-electron chi connectivity index (χ2n) is 2.94. The van der Waals surface area contributed by atoms with Crippen molar-refractivity contribution >= 4 is 11.5 Å². The molecule has 0 aliphatic rings. The maximum atomic E-state index is 10.5. The molecule has 0 aliphatic heterocycles. The first-order valence-corrected chi connectivity index (χ1v) is 4.21. The van der Waals surface area contributed by atoms with Crippen LogP contribution in [0.1, 0.15) is 18.4 Å². The number of carbonyl (C=O) groups is 1. The van der Waals surface area contributed by atoms with Crippen molar-refractivity contribution in [3.05, 3.63) is 42.5 Å². The van der Waals surface area contributed by atoms with Gasteiger partial charge in [-0.3, -0.25) is 4.79 Å². The van der Waals surface area contributed by atoms with Crippen LogP contribution in [-0.2, 0) is 4.79 Å². The molecule has 1 amide bonds. The van der Waals surface area contributed by atoms with Crippen molar-refractivity contribution in [3.8, 4) is 0 Å². The molecular formula is C11H13NO. The van der Waals surface area contributed by atoms with Gasteiger partial charge in [0.2, 0.25) is 5.91 Å². The first-order chi connectivity index (χ1) is 6.20. The van der Waals surface area contributed by atoms with Crippen molar-refractivity contribution < 1.29 is 4.79 Å². The highest BCUT2D eigenvalue weighted by Crippen LogP contribution is 2.16. The Bertz CT molecular complexity index is 303. The van der Waals surface area contributed by atoms with E-state index in [1.54, 1.807) is 0 Å². The summed E-state index contributed by atoms with van der Waals surface area (Å²) < 4.78 is 0. The van der Waals surface area contributed by atoms with Gasteiger partial charge in [0.25, 0.3) is 0 Å². The molecule has 0 atom stereocenters. The molecule has 1 aromatic carbocycles. The Morgan fingerprint density at radius 2 is 1.85 bits per heavy atom. The summed E-state index contributed by atoms with van der Waals surface area (Å²) in [6.45, 7) is 3.89. The SMILES string of the molecule is C=C(CCC(N)=O)c1ccccc1. The van der Waals surface area contributed by atoms with Crippen LogP contribution in [0.4, 0.5) is 0 Å². The van der Waals surface area contributed by atoms with Gasteiger partial charge in [0, 0.05) is 6.42 Å². The van der Waals surface area contributed by atoms with Gasteiger partial charge in [-0.05, 0) is 17.6 Å². The van der Waals surface area contributed by atoms with Crippen LogP contribution in [0.25, 0.3) is 5.57 Å². The second kappa shape index (κ2) is 4.45. The smallest absolute Gasteiger partial charge is 0.217 e. The number of benzene rings is 1. The molecule has 68 valence electrons. The van der Waals surface area contributed by atoms with E-state index in [-0.39, 0.29) is 5.91 Å². The summed E-state index contributed by atoms with van der Waals surface area (Å²) in [7, 11) is 0. The third-order valence-electron chi connectivity index (χ3n) is 1.86. The van der Waals surface area contributed by atoms with Crippen molar-refractivity contribution in [3.63, 3.8) is 0 Å². The van der Waals surface area contributed by atoms with Gasteiger partial charge in [0.15, 0.2) is 0 Å². The van der Waals surface area contributed by atoms with E-state index in [1.807, 2.05) is 30.3 Å². The first kappa shape index (κ1) is 9.52. The van der Waals surface area contributed by atoms with Crippen molar-refractivity contribution in [2.45, 2.75) is 12.8 Å². The Kier molecular flexibility index (Phi) is 3.26. The molecule has 0 spiro atoms. The molecule has 0 heterocycles. The fourth-order valence-corrected chi connectivity index (χ4v) is 1.09. The van der Waals surface area contributed by atoms with E-state index >= 15 is 0 Å². The standard InChI is InChI=1S/C11H13NO/c1-9(7-8-11(12)13)10-5-3-2-4-6-10/h2-6H,1,7-8H2,(H2,12,13). The highest BCUT2D eigenvalue weighted by Gasteiger charge is 1.99. The summed E-state index contributed by atoms with van der Waals surface area (Å²) in [5.74, 6) is -0.280. The van der Waals surface area contributed by atoms with E-state index in [2.05, 4.69) is 6.58 Å². The molecule has 2 heteroatoms.